The summed E-state index contributed by atoms with van der Waals surface area (Å²) in [6.45, 7) is 3.92. The second kappa shape index (κ2) is 5.91. The van der Waals surface area contributed by atoms with Crippen LogP contribution >= 0.6 is 0 Å². The molecule has 0 fully saturated rings. The Hall–Kier alpha value is -1.48. The minimum Gasteiger partial charge on any atom is -0.494 e. The highest BCUT2D eigenvalue weighted by atomic mass is 16.5. The van der Waals surface area contributed by atoms with Crippen molar-refractivity contribution in [1.82, 2.24) is 9.88 Å². The standard InChI is InChI=1S/C15H22N2O/c1-4-5-8-18-13-6-7-15-14(9-13)12(10-16-15)11-17(2)3/h6-7,9-10,16H,4-5,8,11H2,1-3H3. The highest BCUT2D eigenvalue weighted by Crippen LogP contribution is 2.24. The van der Waals surface area contributed by atoms with Crippen molar-refractivity contribution < 1.29 is 4.74 Å². The van der Waals surface area contributed by atoms with E-state index in [1.807, 2.05) is 6.07 Å². The maximum absolute atomic E-state index is 5.76. The van der Waals surface area contributed by atoms with E-state index in [-0.39, 0.29) is 0 Å². The van der Waals surface area contributed by atoms with Gasteiger partial charge < -0.3 is 14.6 Å². The summed E-state index contributed by atoms with van der Waals surface area (Å²) in [7, 11) is 4.17. The first-order valence-electron chi connectivity index (χ1n) is 6.58. The summed E-state index contributed by atoms with van der Waals surface area (Å²) in [5.74, 6) is 0.968. The fraction of sp³-hybridized carbons (Fsp3) is 0.467. The van der Waals surface area contributed by atoms with Crippen LogP contribution < -0.4 is 4.74 Å². The summed E-state index contributed by atoms with van der Waals surface area (Å²) < 4.78 is 5.76. The molecule has 2 rings (SSSR count). The topological polar surface area (TPSA) is 28.3 Å². The van der Waals surface area contributed by atoms with Gasteiger partial charge in [-0.3, -0.25) is 0 Å². The summed E-state index contributed by atoms with van der Waals surface area (Å²) in [4.78, 5) is 5.48. The van der Waals surface area contributed by atoms with Gasteiger partial charge in [-0.25, -0.2) is 0 Å². The summed E-state index contributed by atoms with van der Waals surface area (Å²) in [6, 6.07) is 6.27. The van der Waals surface area contributed by atoms with E-state index in [9.17, 15) is 0 Å². The maximum Gasteiger partial charge on any atom is 0.120 e. The van der Waals surface area contributed by atoms with Crippen molar-refractivity contribution in [2.45, 2.75) is 26.3 Å². The van der Waals surface area contributed by atoms with Gasteiger partial charge in [0, 0.05) is 23.6 Å². The highest BCUT2D eigenvalue weighted by Gasteiger charge is 2.06. The third-order valence-electron chi connectivity index (χ3n) is 2.99. The van der Waals surface area contributed by atoms with E-state index in [0.717, 1.165) is 31.7 Å². The SMILES string of the molecule is CCCCOc1ccc2[nH]cc(CN(C)C)c2c1. The lowest BCUT2D eigenvalue weighted by atomic mass is 10.1. The lowest BCUT2D eigenvalue weighted by molar-refractivity contribution is 0.310. The fourth-order valence-corrected chi connectivity index (χ4v) is 2.05. The zero-order valence-electron chi connectivity index (χ0n) is 11.5. The third-order valence-corrected chi connectivity index (χ3v) is 2.99. The highest BCUT2D eigenvalue weighted by molar-refractivity contribution is 5.84. The molecule has 98 valence electrons. The van der Waals surface area contributed by atoms with Gasteiger partial charge in [0.25, 0.3) is 0 Å². The predicted octanol–water partition coefficient (Wildman–Crippen LogP) is 3.41. The lowest BCUT2D eigenvalue weighted by Crippen LogP contribution is -2.10. The number of ether oxygens (including phenoxy) is 1. The molecule has 1 aromatic heterocycles. The zero-order valence-corrected chi connectivity index (χ0v) is 11.5. The second-order valence-corrected chi connectivity index (χ2v) is 4.96. The molecule has 2 aromatic rings. The molecule has 0 radical (unpaired) electrons. The molecule has 18 heavy (non-hydrogen) atoms. The van der Waals surface area contributed by atoms with Gasteiger partial charge in [0.2, 0.25) is 0 Å². The smallest absolute Gasteiger partial charge is 0.120 e. The van der Waals surface area contributed by atoms with E-state index >= 15 is 0 Å². The largest absolute Gasteiger partial charge is 0.494 e. The first kappa shape index (κ1) is 13.0. The molecule has 0 bridgehead atoms. The minimum absolute atomic E-state index is 0.801. The van der Waals surface area contributed by atoms with Crippen LogP contribution in [0.25, 0.3) is 10.9 Å². The Morgan fingerprint density at radius 3 is 2.83 bits per heavy atom. The van der Waals surface area contributed by atoms with Gasteiger partial charge in [-0.05, 0) is 44.3 Å². The number of nitrogens with zero attached hydrogens (tertiary/aromatic N) is 1. The lowest BCUT2D eigenvalue weighted by Gasteiger charge is -2.09. The maximum atomic E-state index is 5.76. The first-order valence-corrected chi connectivity index (χ1v) is 6.58. The number of benzene rings is 1. The summed E-state index contributed by atoms with van der Waals surface area (Å²) in [5.41, 5.74) is 2.49. The minimum atomic E-state index is 0.801. The van der Waals surface area contributed by atoms with Crippen LogP contribution in [0.5, 0.6) is 5.75 Å². The molecule has 0 unspecified atom stereocenters. The number of hydrogen-bond donors (Lipinski definition) is 1. The van der Waals surface area contributed by atoms with E-state index in [4.69, 9.17) is 4.74 Å². The molecule has 3 nitrogen and oxygen atoms in total. The van der Waals surface area contributed by atoms with Crippen molar-refractivity contribution in [2.24, 2.45) is 0 Å². The molecule has 1 N–H and O–H groups in total. The van der Waals surface area contributed by atoms with Crippen LogP contribution in [0.3, 0.4) is 0 Å². The van der Waals surface area contributed by atoms with E-state index in [2.05, 4.69) is 49.2 Å². The van der Waals surface area contributed by atoms with Crippen molar-refractivity contribution in [3.05, 3.63) is 30.0 Å². The van der Waals surface area contributed by atoms with Crippen LogP contribution in [-0.2, 0) is 6.54 Å². The molecule has 0 aliphatic rings. The Labute approximate surface area is 109 Å². The number of aromatic amines is 1. The quantitative estimate of drug-likeness (QED) is 0.791. The van der Waals surface area contributed by atoms with Crippen molar-refractivity contribution in [2.75, 3.05) is 20.7 Å². The van der Waals surface area contributed by atoms with E-state index < -0.39 is 0 Å². The zero-order chi connectivity index (χ0) is 13.0. The molecule has 1 heterocycles. The molecule has 0 amide bonds. The van der Waals surface area contributed by atoms with Gasteiger partial charge in [0.15, 0.2) is 0 Å². The summed E-state index contributed by atoms with van der Waals surface area (Å²) >= 11 is 0. The predicted molar refractivity (Wildman–Crippen MR) is 76.1 cm³/mol. The van der Waals surface area contributed by atoms with Crippen LogP contribution in [0, 0.1) is 0 Å². The van der Waals surface area contributed by atoms with Gasteiger partial charge in [0.1, 0.15) is 5.75 Å². The van der Waals surface area contributed by atoms with Crippen molar-refractivity contribution in [3.8, 4) is 5.75 Å². The number of unbranched alkanes of at least 4 members (excludes halogenated alkanes) is 1. The van der Waals surface area contributed by atoms with Crippen LogP contribution in [0.4, 0.5) is 0 Å². The molecule has 3 heteroatoms. The van der Waals surface area contributed by atoms with Crippen LogP contribution in [0.2, 0.25) is 0 Å². The number of nitrogens with one attached hydrogen (secondary N) is 1. The monoisotopic (exact) mass is 246 g/mol. The summed E-state index contributed by atoms with van der Waals surface area (Å²) in [6.07, 6.45) is 4.36. The molecular weight excluding hydrogens is 224 g/mol. The Balaban J connectivity index is 2.19. The van der Waals surface area contributed by atoms with E-state index in [1.165, 1.54) is 16.5 Å². The Kier molecular flexibility index (Phi) is 4.26. The van der Waals surface area contributed by atoms with Gasteiger partial charge in [0.05, 0.1) is 6.61 Å². The second-order valence-electron chi connectivity index (χ2n) is 4.96. The van der Waals surface area contributed by atoms with Crippen LogP contribution in [0.1, 0.15) is 25.3 Å². The average Bonchev–Trinajstić information content (AvgIpc) is 2.72. The van der Waals surface area contributed by atoms with Gasteiger partial charge in [-0.15, -0.1) is 0 Å². The third kappa shape index (κ3) is 3.05. The van der Waals surface area contributed by atoms with Crippen LogP contribution in [-0.4, -0.2) is 30.6 Å². The molecule has 0 saturated carbocycles. The molecule has 0 atom stereocenters. The van der Waals surface area contributed by atoms with Crippen LogP contribution in [0.15, 0.2) is 24.4 Å². The number of aromatic nitrogens is 1. The Morgan fingerprint density at radius 2 is 2.11 bits per heavy atom. The molecular formula is C15H22N2O. The van der Waals surface area contributed by atoms with Gasteiger partial charge >= 0.3 is 0 Å². The van der Waals surface area contributed by atoms with Crippen molar-refractivity contribution in [3.63, 3.8) is 0 Å². The molecule has 1 aromatic carbocycles. The molecule has 0 aliphatic heterocycles. The molecule has 0 saturated heterocycles. The summed E-state index contributed by atoms with van der Waals surface area (Å²) in [5, 5.41) is 1.26. The van der Waals surface area contributed by atoms with Gasteiger partial charge in [-0.1, -0.05) is 13.3 Å². The molecule has 0 aliphatic carbocycles. The molecule has 0 spiro atoms. The van der Waals surface area contributed by atoms with Crippen molar-refractivity contribution >= 4 is 10.9 Å². The van der Waals surface area contributed by atoms with Gasteiger partial charge in [-0.2, -0.15) is 0 Å². The Bertz CT molecular complexity index is 502. The number of hydrogen-bond acceptors (Lipinski definition) is 2. The fourth-order valence-electron chi connectivity index (χ4n) is 2.05. The first-order chi connectivity index (χ1) is 8.70. The number of fused-ring (bicyclic) bond motifs is 1. The Morgan fingerprint density at radius 1 is 1.28 bits per heavy atom. The van der Waals surface area contributed by atoms with E-state index in [0.29, 0.717) is 0 Å². The van der Waals surface area contributed by atoms with Crippen molar-refractivity contribution in [1.29, 1.82) is 0 Å². The van der Waals surface area contributed by atoms with E-state index in [1.54, 1.807) is 0 Å². The number of rotatable bonds is 6. The number of H-pyrrole nitrogens is 1. The normalized spacial score (nSPS) is 11.3. The average molecular weight is 246 g/mol.